The van der Waals surface area contributed by atoms with E-state index in [1.165, 1.54) is 0 Å². The summed E-state index contributed by atoms with van der Waals surface area (Å²) in [5.74, 6) is -2.06. The van der Waals surface area contributed by atoms with Gasteiger partial charge in [-0.1, -0.05) is 0 Å². The van der Waals surface area contributed by atoms with Gasteiger partial charge in [0.25, 0.3) is 0 Å². The Balaban J connectivity index is 3.80. The van der Waals surface area contributed by atoms with E-state index in [4.69, 9.17) is 24.8 Å². The second-order valence-electron chi connectivity index (χ2n) is 3.78. The van der Waals surface area contributed by atoms with E-state index in [1.807, 2.05) is 0 Å². The minimum absolute atomic E-state index is 0.0905. The van der Waals surface area contributed by atoms with Gasteiger partial charge in [0, 0.05) is 0 Å². The fourth-order valence-electron chi connectivity index (χ4n) is 0.976. The van der Waals surface area contributed by atoms with Gasteiger partial charge >= 0.3 is 11.9 Å². The monoisotopic (exact) mass is 266 g/mol. The zero-order chi connectivity index (χ0) is 14.0. The molecule has 0 heterocycles. The van der Waals surface area contributed by atoms with E-state index in [-0.39, 0.29) is 39.3 Å². The summed E-state index contributed by atoms with van der Waals surface area (Å²) in [5.41, 5.74) is -1.66. The van der Waals surface area contributed by atoms with Gasteiger partial charge < -0.3 is 29.9 Å². The predicted octanol–water partition coefficient (Wildman–Crippen LogP) is -1.31. The smallest absolute Gasteiger partial charge is 0.305 e. The van der Waals surface area contributed by atoms with Crippen molar-refractivity contribution in [2.24, 2.45) is 0 Å². The van der Waals surface area contributed by atoms with E-state index in [0.29, 0.717) is 0 Å². The molecule has 0 radical (unpaired) electrons. The molecule has 0 saturated heterocycles. The lowest BCUT2D eigenvalue weighted by molar-refractivity contribution is -0.143. The van der Waals surface area contributed by atoms with Crippen molar-refractivity contribution in [3.63, 3.8) is 0 Å². The van der Waals surface area contributed by atoms with E-state index < -0.39 is 24.1 Å². The molecule has 0 rings (SSSR count). The highest BCUT2D eigenvalue weighted by molar-refractivity contribution is 5.67. The number of carboxylic acids is 2. The Hall–Kier alpha value is -1.22. The molecule has 0 aliphatic rings. The number of aliphatic hydroxyl groups excluding tert-OH is 1. The molecule has 18 heavy (non-hydrogen) atoms. The highest BCUT2D eigenvalue weighted by Gasteiger charge is 2.27. The number of aliphatic carboxylic acids is 2. The Labute approximate surface area is 104 Å². The van der Waals surface area contributed by atoms with Gasteiger partial charge in [-0.05, 0) is 0 Å². The molecule has 106 valence electrons. The van der Waals surface area contributed by atoms with Crippen molar-refractivity contribution in [1.29, 1.82) is 0 Å². The zero-order valence-corrected chi connectivity index (χ0v) is 9.87. The minimum atomic E-state index is -1.66. The van der Waals surface area contributed by atoms with Crippen LogP contribution < -0.4 is 0 Å². The van der Waals surface area contributed by atoms with Gasteiger partial charge in [0.1, 0.15) is 5.60 Å². The number of rotatable bonds is 11. The summed E-state index contributed by atoms with van der Waals surface area (Å²) >= 11 is 0. The molecule has 0 atom stereocenters. The minimum Gasteiger partial charge on any atom is -0.481 e. The highest BCUT2D eigenvalue weighted by Crippen LogP contribution is 2.06. The molecule has 4 N–H and O–H groups in total. The van der Waals surface area contributed by atoms with Crippen LogP contribution in [0.1, 0.15) is 12.8 Å². The molecule has 0 aliphatic carbocycles. The van der Waals surface area contributed by atoms with Gasteiger partial charge in [-0.15, -0.1) is 0 Å². The average molecular weight is 266 g/mol. The van der Waals surface area contributed by atoms with Gasteiger partial charge in [0.2, 0.25) is 0 Å². The SMILES string of the molecule is O=C(O)CCOCC(O)(CO)COCCC(=O)O. The molecule has 8 heteroatoms. The molecule has 0 aromatic heterocycles. The lowest BCUT2D eigenvalue weighted by Gasteiger charge is -2.25. The Kier molecular flexibility index (Phi) is 8.21. The van der Waals surface area contributed by atoms with Crippen molar-refractivity contribution in [3.05, 3.63) is 0 Å². The van der Waals surface area contributed by atoms with Crippen LogP contribution in [0.3, 0.4) is 0 Å². The molecule has 0 unspecified atom stereocenters. The lowest BCUT2D eigenvalue weighted by atomic mass is 10.1. The summed E-state index contributed by atoms with van der Waals surface area (Å²) < 4.78 is 9.78. The molecule has 0 spiro atoms. The van der Waals surface area contributed by atoms with Gasteiger partial charge in [0.15, 0.2) is 0 Å². The molecule has 8 nitrogen and oxygen atoms in total. The van der Waals surface area contributed by atoms with Crippen LogP contribution in [0.5, 0.6) is 0 Å². The van der Waals surface area contributed by atoms with Crippen LogP contribution in [0.4, 0.5) is 0 Å². The van der Waals surface area contributed by atoms with Crippen LogP contribution in [0.2, 0.25) is 0 Å². The third-order valence-electron chi connectivity index (χ3n) is 1.96. The second kappa shape index (κ2) is 8.81. The number of carbonyl (C=O) groups is 2. The van der Waals surface area contributed by atoms with Gasteiger partial charge in [-0.2, -0.15) is 0 Å². The van der Waals surface area contributed by atoms with E-state index in [9.17, 15) is 14.7 Å². The van der Waals surface area contributed by atoms with Crippen molar-refractivity contribution in [2.75, 3.05) is 33.0 Å². The van der Waals surface area contributed by atoms with Gasteiger partial charge in [-0.3, -0.25) is 9.59 Å². The fourth-order valence-corrected chi connectivity index (χ4v) is 0.976. The fraction of sp³-hybridized carbons (Fsp3) is 0.800. The molecule has 0 bridgehead atoms. The summed E-state index contributed by atoms with van der Waals surface area (Å²) in [6, 6.07) is 0. The summed E-state index contributed by atoms with van der Waals surface area (Å²) in [4.78, 5) is 20.4. The van der Waals surface area contributed by atoms with Crippen LogP contribution in [-0.4, -0.2) is 71.0 Å². The third kappa shape index (κ3) is 8.88. The normalized spacial score (nSPS) is 11.4. The highest BCUT2D eigenvalue weighted by atomic mass is 16.5. The number of hydrogen-bond donors (Lipinski definition) is 4. The maximum absolute atomic E-state index is 10.2. The van der Waals surface area contributed by atoms with Crippen molar-refractivity contribution in [1.82, 2.24) is 0 Å². The van der Waals surface area contributed by atoms with Gasteiger partial charge in [0.05, 0.1) is 45.9 Å². The van der Waals surface area contributed by atoms with Crippen LogP contribution in [0, 0.1) is 0 Å². The summed E-state index contributed by atoms with van der Waals surface area (Å²) in [6.07, 6.45) is -0.414. The first-order valence-electron chi connectivity index (χ1n) is 5.32. The molecule has 0 aliphatic heterocycles. The van der Waals surface area contributed by atoms with Crippen LogP contribution in [0.25, 0.3) is 0 Å². The largest absolute Gasteiger partial charge is 0.481 e. The molecule has 0 amide bonds. The molecule has 0 aromatic carbocycles. The molecule has 0 saturated carbocycles. The molecule has 0 aromatic rings. The molecular weight excluding hydrogens is 248 g/mol. The summed E-state index contributed by atoms with van der Waals surface area (Å²) in [6.45, 7) is -1.39. The van der Waals surface area contributed by atoms with Crippen LogP contribution in [0.15, 0.2) is 0 Å². The number of aliphatic hydroxyl groups is 2. The van der Waals surface area contributed by atoms with Crippen molar-refractivity contribution < 1.29 is 39.5 Å². The van der Waals surface area contributed by atoms with E-state index >= 15 is 0 Å². The van der Waals surface area contributed by atoms with Crippen molar-refractivity contribution in [2.45, 2.75) is 18.4 Å². The second-order valence-corrected chi connectivity index (χ2v) is 3.78. The summed E-state index contributed by atoms with van der Waals surface area (Å²) in [5, 5.41) is 35.4. The van der Waals surface area contributed by atoms with Gasteiger partial charge in [-0.25, -0.2) is 0 Å². The maximum Gasteiger partial charge on any atom is 0.305 e. The Morgan fingerprint density at radius 1 is 0.944 bits per heavy atom. The number of ether oxygens (including phenoxy) is 2. The molecule has 0 fully saturated rings. The standard InChI is InChI=1S/C10H18O8/c11-5-10(16,6-17-3-1-8(12)13)7-18-4-2-9(14)15/h11,16H,1-7H2,(H,12,13)(H,14,15). The lowest BCUT2D eigenvalue weighted by Crippen LogP contribution is -2.43. The first-order valence-corrected chi connectivity index (χ1v) is 5.32. The summed E-state index contributed by atoms with van der Waals surface area (Å²) in [7, 11) is 0. The maximum atomic E-state index is 10.2. The Bertz CT molecular complexity index is 243. The first-order chi connectivity index (χ1) is 8.39. The van der Waals surface area contributed by atoms with Crippen molar-refractivity contribution >= 4 is 11.9 Å². The first kappa shape index (κ1) is 16.8. The topological polar surface area (TPSA) is 134 Å². The van der Waals surface area contributed by atoms with E-state index in [0.717, 1.165) is 0 Å². The zero-order valence-electron chi connectivity index (χ0n) is 9.87. The number of carboxylic acid groups (broad SMARTS) is 2. The Morgan fingerprint density at radius 2 is 1.33 bits per heavy atom. The number of hydrogen-bond acceptors (Lipinski definition) is 6. The van der Waals surface area contributed by atoms with Crippen LogP contribution in [-0.2, 0) is 19.1 Å². The predicted molar refractivity (Wildman–Crippen MR) is 58.2 cm³/mol. The van der Waals surface area contributed by atoms with Crippen LogP contribution >= 0.6 is 0 Å². The third-order valence-corrected chi connectivity index (χ3v) is 1.96. The van der Waals surface area contributed by atoms with Crippen molar-refractivity contribution in [3.8, 4) is 0 Å². The quantitative estimate of drug-likeness (QED) is 0.339. The van der Waals surface area contributed by atoms with E-state index in [1.54, 1.807) is 0 Å². The average Bonchev–Trinajstić information content (AvgIpc) is 2.30. The Morgan fingerprint density at radius 3 is 1.61 bits per heavy atom. The van der Waals surface area contributed by atoms with E-state index in [2.05, 4.69) is 0 Å². The molecular formula is C10H18O8.